The first kappa shape index (κ1) is 17.9. The van der Waals surface area contributed by atoms with E-state index in [1.54, 1.807) is 0 Å². The highest BCUT2D eigenvalue weighted by molar-refractivity contribution is 5.71. The number of rotatable bonds is 5. The second kappa shape index (κ2) is 7.00. The Hall–Kier alpha value is -2.41. The molecule has 24 heavy (non-hydrogen) atoms. The van der Waals surface area contributed by atoms with Crippen molar-refractivity contribution < 1.29 is 32.6 Å². The van der Waals surface area contributed by atoms with Crippen molar-refractivity contribution >= 4 is 5.97 Å². The summed E-state index contributed by atoms with van der Waals surface area (Å²) in [5.74, 6) is -3.51. The molecule has 2 aromatic rings. The van der Waals surface area contributed by atoms with Crippen LogP contribution in [0.5, 0.6) is 0 Å². The molecule has 2 unspecified atom stereocenters. The van der Waals surface area contributed by atoms with Gasteiger partial charge in [0, 0.05) is 0 Å². The summed E-state index contributed by atoms with van der Waals surface area (Å²) in [4.78, 5) is 11.4. The van der Waals surface area contributed by atoms with E-state index in [1.807, 2.05) is 0 Å². The number of benzene rings is 2. The Morgan fingerprint density at radius 2 is 1.62 bits per heavy atom. The van der Waals surface area contributed by atoms with Crippen molar-refractivity contribution in [3.8, 4) is 0 Å². The molecule has 0 saturated carbocycles. The predicted octanol–water partition coefficient (Wildman–Crippen LogP) is 3.82. The smallest absolute Gasteiger partial charge is 0.416 e. The van der Waals surface area contributed by atoms with Crippen molar-refractivity contribution in [1.82, 2.24) is 0 Å². The first-order valence-corrected chi connectivity index (χ1v) is 7.01. The zero-order chi connectivity index (χ0) is 17.9. The summed E-state index contributed by atoms with van der Waals surface area (Å²) in [7, 11) is 0. The van der Waals surface area contributed by atoms with Gasteiger partial charge in [0.25, 0.3) is 0 Å². The summed E-state index contributed by atoms with van der Waals surface area (Å²) in [5.41, 5.74) is -1.05. The van der Waals surface area contributed by atoms with Gasteiger partial charge >= 0.3 is 12.1 Å². The first-order valence-electron chi connectivity index (χ1n) is 7.01. The zero-order valence-electron chi connectivity index (χ0n) is 12.3. The lowest BCUT2D eigenvalue weighted by Gasteiger charge is -2.21. The molecule has 2 atom stereocenters. The second-order valence-electron chi connectivity index (χ2n) is 5.30. The quantitative estimate of drug-likeness (QED) is 0.812. The number of carboxylic acids is 1. The van der Waals surface area contributed by atoms with Gasteiger partial charge in [-0.3, -0.25) is 4.79 Å². The number of hydrogen-bond donors (Lipinski definition) is 2. The Balaban J connectivity index is 2.33. The van der Waals surface area contributed by atoms with Crippen molar-refractivity contribution in [1.29, 1.82) is 0 Å². The number of aliphatic hydroxyl groups is 1. The molecule has 0 amide bonds. The van der Waals surface area contributed by atoms with Crippen molar-refractivity contribution in [3.05, 3.63) is 71.0 Å². The Labute approximate surface area is 135 Å². The number of aliphatic carboxylic acids is 1. The van der Waals surface area contributed by atoms with Crippen LogP contribution in [0, 0.1) is 11.7 Å². The molecule has 0 heterocycles. The van der Waals surface area contributed by atoms with Crippen LogP contribution in [0.15, 0.2) is 48.5 Å². The highest BCUT2D eigenvalue weighted by Gasteiger charge is 2.36. The third-order valence-electron chi connectivity index (χ3n) is 3.67. The van der Waals surface area contributed by atoms with Crippen molar-refractivity contribution in [2.24, 2.45) is 5.92 Å². The van der Waals surface area contributed by atoms with Gasteiger partial charge in [0.05, 0.1) is 17.6 Å². The van der Waals surface area contributed by atoms with E-state index in [1.165, 1.54) is 30.3 Å². The van der Waals surface area contributed by atoms with Gasteiger partial charge in [0.15, 0.2) is 0 Å². The first-order chi connectivity index (χ1) is 11.2. The van der Waals surface area contributed by atoms with Gasteiger partial charge in [-0.15, -0.1) is 0 Å². The summed E-state index contributed by atoms with van der Waals surface area (Å²) in [6.45, 7) is 0. The third kappa shape index (κ3) is 4.11. The van der Waals surface area contributed by atoms with E-state index in [9.17, 15) is 32.6 Å². The highest BCUT2D eigenvalue weighted by Crippen LogP contribution is 2.34. The normalized spacial score (nSPS) is 14.2. The van der Waals surface area contributed by atoms with E-state index < -0.39 is 42.0 Å². The van der Waals surface area contributed by atoms with Gasteiger partial charge in [0.1, 0.15) is 5.82 Å². The maximum atomic E-state index is 13.0. The molecule has 0 aliphatic carbocycles. The number of aliphatic hydroxyl groups excluding tert-OH is 1. The lowest BCUT2D eigenvalue weighted by Crippen LogP contribution is -2.25. The molecule has 2 aromatic carbocycles. The summed E-state index contributed by atoms with van der Waals surface area (Å²) in [6.07, 6.45) is -6.70. The maximum absolute atomic E-state index is 13.0. The molecule has 2 N–H and O–H groups in total. The molecule has 0 aliphatic heterocycles. The maximum Gasteiger partial charge on any atom is 0.416 e. The molecule has 0 bridgehead atoms. The fourth-order valence-electron chi connectivity index (χ4n) is 2.44. The van der Waals surface area contributed by atoms with Crippen LogP contribution in [0.4, 0.5) is 17.6 Å². The summed E-state index contributed by atoms with van der Waals surface area (Å²) < 4.78 is 52.0. The third-order valence-corrected chi connectivity index (χ3v) is 3.67. The van der Waals surface area contributed by atoms with Crippen molar-refractivity contribution in [2.75, 3.05) is 0 Å². The van der Waals surface area contributed by atoms with Crippen LogP contribution >= 0.6 is 0 Å². The molecule has 7 heteroatoms. The average Bonchev–Trinajstić information content (AvgIpc) is 2.52. The van der Waals surface area contributed by atoms with Crippen LogP contribution in [-0.2, 0) is 17.4 Å². The Kier molecular flexibility index (Phi) is 5.23. The molecular formula is C17H14F4O3. The lowest BCUT2D eigenvalue weighted by atomic mass is 9.88. The molecular weight excluding hydrogens is 328 g/mol. The standard InChI is InChI=1S/C17H14F4O3/c18-12-7-5-10(6-8-12)15(22)13(16(23)24)9-11-3-1-2-4-14(11)17(19,20)21/h1-8,13,15,22H,9H2,(H,23,24). The molecule has 128 valence electrons. The van der Waals surface area contributed by atoms with Crippen molar-refractivity contribution in [3.63, 3.8) is 0 Å². The van der Waals surface area contributed by atoms with Gasteiger partial charge in [-0.25, -0.2) is 4.39 Å². The fourth-order valence-corrected chi connectivity index (χ4v) is 2.44. The highest BCUT2D eigenvalue weighted by atomic mass is 19.4. The fraction of sp³-hybridized carbons (Fsp3) is 0.235. The largest absolute Gasteiger partial charge is 0.481 e. The molecule has 0 aliphatic rings. The van der Waals surface area contributed by atoms with E-state index in [0.717, 1.165) is 18.2 Å². The minimum absolute atomic E-state index is 0.119. The minimum atomic E-state index is -4.62. The number of hydrogen-bond acceptors (Lipinski definition) is 2. The van der Waals surface area contributed by atoms with E-state index in [-0.39, 0.29) is 11.1 Å². The number of carboxylic acid groups (broad SMARTS) is 1. The molecule has 2 rings (SSSR count). The van der Waals surface area contributed by atoms with E-state index >= 15 is 0 Å². The Morgan fingerprint density at radius 3 is 2.17 bits per heavy atom. The van der Waals surface area contributed by atoms with Gasteiger partial charge in [-0.05, 0) is 35.7 Å². The Morgan fingerprint density at radius 1 is 1.04 bits per heavy atom. The Bertz CT molecular complexity index is 711. The molecule has 0 radical (unpaired) electrons. The van der Waals surface area contributed by atoms with Crippen LogP contribution in [0.2, 0.25) is 0 Å². The monoisotopic (exact) mass is 342 g/mol. The number of alkyl halides is 3. The topological polar surface area (TPSA) is 57.5 Å². The van der Waals surface area contributed by atoms with Gasteiger partial charge in [-0.1, -0.05) is 30.3 Å². The van der Waals surface area contributed by atoms with E-state index in [2.05, 4.69) is 0 Å². The number of halogens is 4. The van der Waals surface area contributed by atoms with Crippen molar-refractivity contribution in [2.45, 2.75) is 18.7 Å². The minimum Gasteiger partial charge on any atom is -0.481 e. The van der Waals surface area contributed by atoms with Gasteiger partial charge in [-0.2, -0.15) is 13.2 Å². The predicted molar refractivity (Wildman–Crippen MR) is 77.6 cm³/mol. The SMILES string of the molecule is O=C(O)C(Cc1ccccc1C(F)(F)F)C(O)c1ccc(F)cc1. The molecule has 0 spiro atoms. The van der Waals surface area contributed by atoms with Gasteiger partial charge < -0.3 is 10.2 Å². The summed E-state index contributed by atoms with van der Waals surface area (Å²) in [5, 5.41) is 19.5. The summed E-state index contributed by atoms with van der Waals surface area (Å²) in [6, 6.07) is 9.10. The second-order valence-corrected chi connectivity index (χ2v) is 5.30. The van der Waals surface area contributed by atoms with E-state index in [0.29, 0.717) is 0 Å². The average molecular weight is 342 g/mol. The van der Waals surface area contributed by atoms with Crippen LogP contribution in [-0.4, -0.2) is 16.2 Å². The molecule has 0 fully saturated rings. The molecule has 0 aromatic heterocycles. The zero-order valence-corrected chi connectivity index (χ0v) is 12.3. The number of carbonyl (C=O) groups is 1. The van der Waals surface area contributed by atoms with Gasteiger partial charge in [0.2, 0.25) is 0 Å². The van der Waals surface area contributed by atoms with Crippen LogP contribution in [0.3, 0.4) is 0 Å². The van der Waals surface area contributed by atoms with Crippen LogP contribution in [0.1, 0.15) is 22.8 Å². The lowest BCUT2D eigenvalue weighted by molar-refractivity contribution is -0.147. The van der Waals surface area contributed by atoms with Crippen LogP contribution in [0.25, 0.3) is 0 Å². The van der Waals surface area contributed by atoms with Crippen LogP contribution < -0.4 is 0 Å². The molecule has 3 nitrogen and oxygen atoms in total. The van der Waals surface area contributed by atoms with E-state index in [4.69, 9.17) is 0 Å². The summed E-state index contributed by atoms with van der Waals surface area (Å²) >= 11 is 0. The molecule has 0 saturated heterocycles.